The van der Waals surface area contributed by atoms with Crippen LogP contribution in [0.3, 0.4) is 0 Å². The summed E-state index contributed by atoms with van der Waals surface area (Å²) in [5.74, 6) is 0.545. The van der Waals surface area contributed by atoms with Crippen molar-refractivity contribution in [3.63, 3.8) is 0 Å². The number of nitriles is 1. The Hall–Kier alpha value is -2.10. The monoisotopic (exact) mass is 331 g/mol. The first-order chi connectivity index (χ1) is 11.6. The lowest BCUT2D eigenvalue weighted by molar-refractivity contribution is -0.135. The summed E-state index contributed by atoms with van der Waals surface area (Å²) >= 11 is 0. The van der Waals surface area contributed by atoms with E-state index >= 15 is 0 Å². The number of hydrogen-bond acceptors (Lipinski definition) is 5. The van der Waals surface area contributed by atoms with E-state index in [2.05, 4.69) is 11.0 Å². The third-order valence-corrected chi connectivity index (χ3v) is 3.96. The second-order valence-electron chi connectivity index (χ2n) is 6.20. The molecule has 6 heteroatoms. The predicted octanol–water partition coefficient (Wildman–Crippen LogP) is 1.51. The van der Waals surface area contributed by atoms with Crippen LogP contribution in [0.15, 0.2) is 24.3 Å². The number of carbonyl (C=O) groups is 1. The Morgan fingerprint density at radius 3 is 2.67 bits per heavy atom. The number of ether oxygens (including phenoxy) is 2. The molecule has 2 rings (SSSR count). The zero-order valence-corrected chi connectivity index (χ0v) is 14.4. The lowest BCUT2D eigenvalue weighted by Crippen LogP contribution is -2.43. The van der Waals surface area contributed by atoms with Crippen LogP contribution in [0.4, 0.5) is 0 Å². The van der Waals surface area contributed by atoms with Gasteiger partial charge in [0.25, 0.3) is 5.91 Å². The van der Waals surface area contributed by atoms with Crippen LogP contribution >= 0.6 is 0 Å². The number of rotatable bonds is 8. The maximum atomic E-state index is 12.5. The van der Waals surface area contributed by atoms with Crippen molar-refractivity contribution in [1.82, 2.24) is 9.80 Å². The number of amides is 1. The van der Waals surface area contributed by atoms with E-state index in [4.69, 9.17) is 14.7 Å². The van der Waals surface area contributed by atoms with Gasteiger partial charge in [-0.05, 0) is 51.2 Å². The minimum absolute atomic E-state index is 0.00789. The summed E-state index contributed by atoms with van der Waals surface area (Å²) < 4.78 is 11.2. The average molecular weight is 331 g/mol. The Morgan fingerprint density at radius 2 is 2.08 bits per heavy atom. The molecule has 0 aliphatic carbocycles. The van der Waals surface area contributed by atoms with E-state index in [-0.39, 0.29) is 18.6 Å². The van der Waals surface area contributed by atoms with Gasteiger partial charge in [0.1, 0.15) is 5.75 Å². The summed E-state index contributed by atoms with van der Waals surface area (Å²) in [6, 6.07) is 8.82. The van der Waals surface area contributed by atoms with Crippen LogP contribution in [0.2, 0.25) is 0 Å². The number of carbonyl (C=O) groups excluding carboxylic acids is 1. The molecule has 1 heterocycles. The van der Waals surface area contributed by atoms with E-state index in [1.807, 2.05) is 19.0 Å². The van der Waals surface area contributed by atoms with Crippen molar-refractivity contribution >= 4 is 5.91 Å². The Bertz CT molecular complexity index is 560. The van der Waals surface area contributed by atoms with Crippen LogP contribution in [-0.2, 0) is 9.53 Å². The number of benzene rings is 1. The van der Waals surface area contributed by atoms with E-state index in [0.29, 0.717) is 24.4 Å². The number of likely N-dealkylation sites (N-methyl/N-ethyl adjacent to an activating group) is 1. The maximum Gasteiger partial charge on any atom is 0.260 e. The summed E-state index contributed by atoms with van der Waals surface area (Å²) in [6.07, 6.45) is 2.19. The number of nitrogens with zero attached hydrogens (tertiary/aromatic N) is 3. The van der Waals surface area contributed by atoms with Crippen LogP contribution in [0.5, 0.6) is 5.75 Å². The SMILES string of the molecule is CN(C)CCN(C[C@@H]1CCCO1)C(=O)COc1ccc(C#N)cc1. The molecule has 1 aromatic rings. The molecule has 0 bridgehead atoms. The van der Waals surface area contributed by atoms with Gasteiger partial charge < -0.3 is 19.3 Å². The second kappa shape index (κ2) is 9.26. The minimum Gasteiger partial charge on any atom is -0.484 e. The topological polar surface area (TPSA) is 65.8 Å². The molecule has 0 aromatic heterocycles. The molecule has 6 nitrogen and oxygen atoms in total. The standard InChI is InChI=1S/C18H25N3O3/c1-20(2)9-10-21(13-17-4-3-11-23-17)18(22)14-24-16-7-5-15(12-19)6-8-16/h5-8,17H,3-4,9-11,13-14H2,1-2H3/t17-/m0/s1. The van der Waals surface area contributed by atoms with E-state index in [1.54, 1.807) is 24.3 Å². The molecule has 1 amide bonds. The van der Waals surface area contributed by atoms with E-state index in [1.165, 1.54) is 0 Å². The molecule has 1 aromatic carbocycles. The van der Waals surface area contributed by atoms with Crippen molar-refractivity contribution in [3.8, 4) is 11.8 Å². The quantitative estimate of drug-likeness (QED) is 0.722. The molecule has 0 saturated carbocycles. The van der Waals surface area contributed by atoms with Gasteiger partial charge in [0.15, 0.2) is 6.61 Å². The van der Waals surface area contributed by atoms with E-state index < -0.39 is 0 Å². The van der Waals surface area contributed by atoms with Crippen molar-refractivity contribution in [3.05, 3.63) is 29.8 Å². The third-order valence-electron chi connectivity index (χ3n) is 3.96. The van der Waals surface area contributed by atoms with Crippen LogP contribution in [0.1, 0.15) is 18.4 Å². The highest BCUT2D eigenvalue weighted by Gasteiger charge is 2.22. The molecular formula is C18H25N3O3. The Kier molecular flexibility index (Phi) is 7.04. The average Bonchev–Trinajstić information content (AvgIpc) is 3.09. The third kappa shape index (κ3) is 5.84. The molecule has 1 saturated heterocycles. The lowest BCUT2D eigenvalue weighted by atomic mass is 10.2. The van der Waals surface area contributed by atoms with Gasteiger partial charge in [0, 0.05) is 26.2 Å². The van der Waals surface area contributed by atoms with Gasteiger partial charge in [-0.25, -0.2) is 0 Å². The van der Waals surface area contributed by atoms with Gasteiger partial charge in [-0.2, -0.15) is 5.26 Å². The molecule has 130 valence electrons. The highest BCUT2D eigenvalue weighted by atomic mass is 16.5. The largest absolute Gasteiger partial charge is 0.484 e. The first-order valence-electron chi connectivity index (χ1n) is 8.25. The first kappa shape index (κ1) is 18.2. The molecule has 1 fully saturated rings. The van der Waals surface area contributed by atoms with Crippen molar-refractivity contribution in [2.24, 2.45) is 0 Å². The van der Waals surface area contributed by atoms with Crippen LogP contribution in [-0.4, -0.2) is 68.8 Å². The van der Waals surface area contributed by atoms with E-state index in [9.17, 15) is 4.79 Å². The van der Waals surface area contributed by atoms with Gasteiger partial charge in [-0.3, -0.25) is 4.79 Å². The Morgan fingerprint density at radius 1 is 1.33 bits per heavy atom. The fraction of sp³-hybridized carbons (Fsp3) is 0.556. The molecule has 1 atom stereocenters. The second-order valence-corrected chi connectivity index (χ2v) is 6.20. The van der Waals surface area contributed by atoms with Gasteiger partial charge in [-0.15, -0.1) is 0 Å². The number of hydrogen-bond donors (Lipinski definition) is 0. The Labute approximate surface area is 143 Å². The predicted molar refractivity (Wildman–Crippen MR) is 90.8 cm³/mol. The van der Waals surface area contributed by atoms with Crippen LogP contribution < -0.4 is 4.74 Å². The van der Waals surface area contributed by atoms with Crippen molar-refractivity contribution in [1.29, 1.82) is 5.26 Å². The Balaban J connectivity index is 1.88. The molecule has 0 radical (unpaired) electrons. The minimum atomic E-state index is -0.0447. The molecule has 0 spiro atoms. The van der Waals surface area contributed by atoms with Gasteiger partial charge in [-0.1, -0.05) is 0 Å². The van der Waals surface area contributed by atoms with Gasteiger partial charge in [0.2, 0.25) is 0 Å². The zero-order valence-electron chi connectivity index (χ0n) is 14.4. The summed E-state index contributed by atoms with van der Waals surface area (Å²) in [7, 11) is 3.98. The smallest absolute Gasteiger partial charge is 0.260 e. The molecular weight excluding hydrogens is 306 g/mol. The van der Waals surface area contributed by atoms with Crippen LogP contribution in [0.25, 0.3) is 0 Å². The maximum absolute atomic E-state index is 12.5. The molecule has 1 aliphatic heterocycles. The fourth-order valence-electron chi connectivity index (χ4n) is 2.53. The zero-order chi connectivity index (χ0) is 17.4. The van der Waals surface area contributed by atoms with Gasteiger partial charge in [0.05, 0.1) is 17.7 Å². The summed E-state index contributed by atoms with van der Waals surface area (Å²) in [5, 5.41) is 8.79. The molecule has 24 heavy (non-hydrogen) atoms. The van der Waals surface area contributed by atoms with Crippen molar-refractivity contribution in [2.45, 2.75) is 18.9 Å². The summed E-state index contributed by atoms with van der Waals surface area (Å²) in [5.41, 5.74) is 0.569. The fourth-order valence-corrected chi connectivity index (χ4v) is 2.53. The van der Waals surface area contributed by atoms with E-state index in [0.717, 1.165) is 26.0 Å². The highest BCUT2D eigenvalue weighted by Crippen LogP contribution is 2.15. The van der Waals surface area contributed by atoms with Crippen molar-refractivity contribution < 1.29 is 14.3 Å². The molecule has 1 aliphatic rings. The summed E-state index contributed by atoms with van der Waals surface area (Å²) in [4.78, 5) is 16.4. The highest BCUT2D eigenvalue weighted by molar-refractivity contribution is 5.77. The molecule has 0 unspecified atom stereocenters. The summed E-state index contributed by atoms with van der Waals surface area (Å²) in [6.45, 7) is 2.84. The normalized spacial score (nSPS) is 16.8. The lowest BCUT2D eigenvalue weighted by Gasteiger charge is -2.26. The first-order valence-corrected chi connectivity index (χ1v) is 8.25. The van der Waals surface area contributed by atoms with Gasteiger partial charge >= 0.3 is 0 Å². The van der Waals surface area contributed by atoms with Crippen molar-refractivity contribution in [2.75, 3.05) is 46.9 Å². The molecule has 0 N–H and O–H groups in total. The van der Waals surface area contributed by atoms with Crippen LogP contribution in [0, 0.1) is 11.3 Å².